The summed E-state index contributed by atoms with van der Waals surface area (Å²) in [6.07, 6.45) is 21.0. The first kappa shape index (κ1) is 86.5. The van der Waals surface area contributed by atoms with Crippen molar-refractivity contribution in [1.82, 2.24) is 38.2 Å². The van der Waals surface area contributed by atoms with Crippen LogP contribution in [0.15, 0.2) is 310 Å². The second-order valence-corrected chi connectivity index (χ2v) is 28.4. The van der Waals surface area contributed by atoms with Crippen LogP contribution in [0.25, 0.3) is 115 Å². The first-order chi connectivity index (χ1) is 59.2. The van der Waals surface area contributed by atoms with Crippen molar-refractivity contribution in [3.8, 4) is 47.2 Å². The van der Waals surface area contributed by atoms with Crippen molar-refractivity contribution in [2.24, 2.45) is 0 Å². The van der Waals surface area contributed by atoms with Crippen molar-refractivity contribution < 1.29 is 54.2 Å². The number of carbonyl (C=O) groups is 3. The zero-order valence-corrected chi connectivity index (χ0v) is 69.6. The van der Waals surface area contributed by atoms with Crippen LogP contribution in [-0.4, -0.2) is 67.1 Å². The zero-order chi connectivity index (χ0) is 85.8. The number of nitrogens with one attached hydrogen (secondary N) is 1. The molecule has 0 unspecified atom stereocenters. The van der Waals surface area contributed by atoms with Crippen LogP contribution >= 0.6 is 0 Å². The van der Waals surface area contributed by atoms with Crippen LogP contribution in [0.1, 0.15) is 121 Å². The van der Waals surface area contributed by atoms with Gasteiger partial charge in [-0.2, -0.15) is 10.5 Å². The van der Waals surface area contributed by atoms with E-state index in [1.807, 2.05) is 207 Å². The molecule has 123 heavy (non-hydrogen) atoms. The van der Waals surface area contributed by atoms with Crippen LogP contribution in [0.4, 0.5) is 5.69 Å². The molecule has 0 amide bonds. The third-order valence-corrected chi connectivity index (χ3v) is 19.3. The maximum Gasteiger partial charge on any atom is 1.00 e. The Hall–Kier alpha value is -15.9. The summed E-state index contributed by atoms with van der Waals surface area (Å²) in [4.78, 5) is 106. The van der Waals surface area contributed by atoms with Crippen molar-refractivity contribution >= 4 is 116 Å². The first-order valence-corrected chi connectivity index (χ1v) is 38.7. The van der Waals surface area contributed by atoms with Gasteiger partial charge in [0, 0.05) is 23.7 Å². The number of hydrogen-bond donors (Lipinski definition) is 2. The minimum atomic E-state index is -1.30. The molecular weight excluding hydrogens is 1550 g/mol. The average Bonchev–Trinajstić information content (AvgIpc) is 0.787. The Morgan fingerprint density at radius 3 is 1.10 bits per heavy atom. The second-order valence-electron chi connectivity index (χ2n) is 28.4. The number of Topliss-reactive ketones (excluding diaryl/α,β-unsaturated/α-hetero) is 1. The smallest absolute Gasteiger partial charge is 0.545 e. The summed E-state index contributed by atoms with van der Waals surface area (Å²) in [7, 11) is 0. The molecule has 0 radical (unpaired) electrons. The number of ketones is 1. The number of aromatic nitrogens is 8. The van der Waals surface area contributed by atoms with Gasteiger partial charge in [0.05, 0.1) is 101 Å². The molecule has 0 atom stereocenters. The molecule has 0 spiro atoms. The minimum Gasteiger partial charge on any atom is -0.545 e. The average molecular weight is 1620 g/mol. The van der Waals surface area contributed by atoms with Crippen molar-refractivity contribution in [1.29, 1.82) is 10.5 Å². The number of benzene rings is 12. The Balaban J connectivity index is 0.000000149. The van der Waals surface area contributed by atoms with Gasteiger partial charge in [0.15, 0.2) is 0 Å². The Morgan fingerprint density at radius 2 is 0.748 bits per heavy atom. The molecule has 594 valence electrons. The molecule has 2 N–H and O–H groups in total. The fraction of sp³-hybridized carbons (Fsp3) is 0.0686. The summed E-state index contributed by atoms with van der Waals surface area (Å²) in [5, 5.41) is 44.0. The minimum absolute atomic E-state index is 0. The van der Waals surface area contributed by atoms with E-state index in [4.69, 9.17) is 26.9 Å². The monoisotopic (exact) mass is 1620 g/mol. The van der Waals surface area contributed by atoms with E-state index in [1.165, 1.54) is 33.4 Å². The molecule has 4 heterocycles. The number of terminal acetylenes is 1. The van der Waals surface area contributed by atoms with E-state index >= 15 is 0 Å². The van der Waals surface area contributed by atoms with Gasteiger partial charge in [0.25, 0.3) is 22.2 Å². The van der Waals surface area contributed by atoms with Gasteiger partial charge in [-0.15, -0.1) is 6.42 Å². The molecule has 0 aliphatic rings. The number of aryl methyl sites for hydroxylation is 2. The number of carbonyl (C=O) groups excluding carboxylic acids is 2. The van der Waals surface area contributed by atoms with Crippen molar-refractivity contribution in [3.63, 3.8) is 0 Å². The topological polar surface area (TPSA) is 294 Å². The van der Waals surface area contributed by atoms with E-state index in [1.54, 1.807) is 131 Å². The fourth-order valence-electron chi connectivity index (χ4n) is 13.2. The Morgan fingerprint density at radius 1 is 0.423 bits per heavy atom. The van der Waals surface area contributed by atoms with Gasteiger partial charge in [-0.05, 0) is 237 Å². The van der Waals surface area contributed by atoms with Gasteiger partial charge in [0.1, 0.15) is 29.1 Å². The number of rotatable bonds is 19. The van der Waals surface area contributed by atoms with E-state index < -0.39 is 11.9 Å². The van der Waals surface area contributed by atoms with E-state index in [9.17, 15) is 43.8 Å². The van der Waals surface area contributed by atoms with Crippen LogP contribution in [0.2, 0.25) is 0 Å². The zero-order valence-electron chi connectivity index (χ0n) is 67.6. The number of carboxylic acid groups (broad SMARTS) is 2. The maximum absolute atomic E-state index is 13.4. The molecule has 16 rings (SSSR count). The second kappa shape index (κ2) is 40.5. The summed E-state index contributed by atoms with van der Waals surface area (Å²) in [5.41, 5.74) is 12.7. The molecule has 0 saturated heterocycles. The normalized spacial score (nSPS) is 11.0. The molecule has 0 bridgehead atoms. The van der Waals surface area contributed by atoms with Gasteiger partial charge >= 0.3 is 35.5 Å². The van der Waals surface area contributed by atoms with Gasteiger partial charge in [-0.3, -0.25) is 37.4 Å². The number of fused-ring (bicyclic) bond motifs is 4. The number of nitriles is 2. The van der Waals surface area contributed by atoms with Gasteiger partial charge in [-0.25, -0.2) is 24.7 Å². The molecule has 0 saturated carbocycles. The number of nitrogens with zero attached hydrogens (tertiary/aromatic N) is 10. The third kappa shape index (κ3) is 21.5. The van der Waals surface area contributed by atoms with Crippen LogP contribution in [0, 0.1) is 41.9 Å². The largest absolute Gasteiger partial charge is 1.00 e. The van der Waals surface area contributed by atoms with Crippen LogP contribution in [0.5, 0.6) is 0 Å². The summed E-state index contributed by atoms with van der Waals surface area (Å²) < 4.78 is 6.06. The predicted octanol–water partition coefficient (Wildman–Crippen LogP) is 14.7. The van der Waals surface area contributed by atoms with E-state index in [0.29, 0.717) is 108 Å². The molecule has 21 heteroatoms. The summed E-state index contributed by atoms with van der Waals surface area (Å²) in [6.45, 7) is 7.73. The van der Waals surface area contributed by atoms with Crippen molar-refractivity contribution in [3.05, 3.63) is 417 Å². The van der Waals surface area contributed by atoms with Gasteiger partial charge < -0.3 is 25.1 Å². The number of carboxylic acids is 2. The Labute approximate surface area is 729 Å². The van der Waals surface area contributed by atoms with Crippen LogP contribution in [-0.2, 0) is 11.2 Å². The Bertz CT molecular complexity index is 7210. The first-order valence-electron chi connectivity index (χ1n) is 38.7. The third-order valence-electron chi connectivity index (χ3n) is 19.3. The van der Waals surface area contributed by atoms with E-state index in [0.717, 1.165) is 50.3 Å². The van der Waals surface area contributed by atoms with Crippen LogP contribution in [0.3, 0.4) is 0 Å². The summed E-state index contributed by atoms with van der Waals surface area (Å²) in [5.74, 6) is 2.17. The quantitative estimate of drug-likeness (QED) is 0.0562. The number of hydrogen-bond acceptors (Lipinski definition) is 15. The molecule has 16 aromatic rings. The predicted molar refractivity (Wildman–Crippen MR) is 482 cm³/mol. The van der Waals surface area contributed by atoms with E-state index in [-0.39, 0.29) is 74.7 Å². The standard InChI is InChI=1S/C27H21N3O2.C26H22N4O.C25H16N2O3.C24H18N2O3.Na/c1-19(31)9-10-21-5-4-6-23(17-21)30-26(16-15-20-11-13-22(18-28)14-12-20)29-25-8-3-2-7-24(25)27(30)32;1-18(2)28-21-6-5-7-22(16-21)30-25(15-14-19-10-12-20(17-27)13-11-19)29-24-9-4-3-8-23(24)26(30)31;1-2-17-10-12-18(13-11-17)14-15-23-26-22-9-4-3-8-21(22)24(28)27(23)20-7-5-6-19(16-20)25(29)30;1-16-9-11-17(12-10-16)13-14-22-25-21-8-3-2-7-20(21)23(27)26(22)19-6-4-5-18(15-19)24(28)29;/h2-8,11-17H,9-10H2,1H3;3-16,18,28H,1-2H3;1,3-16H,(H,29,30);2-15H,1H3,(H,28,29);/q;;;;+1/p-1/b16-15+;2*15-14+;14-13+;. The van der Waals surface area contributed by atoms with Crippen LogP contribution < -0.4 is 62.2 Å². The molecule has 0 fully saturated rings. The van der Waals surface area contributed by atoms with Gasteiger partial charge in [-0.1, -0.05) is 181 Å². The summed E-state index contributed by atoms with van der Waals surface area (Å²) in [6, 6.07) is 90.8. The SMILES string of the molecule is C#Cc1ccc(/C=C/c2nc3ccccc3c(=O)n2-c2cccc(C(=O)O)c2)cc1.CC(=O)CCc1cccc(-n2c(/C=C/c3ccc(C#N)cc3)nc3ccccc3c2=O)c1.CC(C)Nc1cccc(-n2c(/C=C/c3ccc(C#N)cc3)nc3ccccc3c2=O)c1.Cc1ccc(/C=C/c2nc3ccccc3c(=O)n2-c2cccc(C(=O)[O-])c2)cc1.[Na+]. The molecule has 4 aromatic heterocycles. The number of anilines is 1. The van der Waals surface area contributed by atoms with Crippen molar-refractivity contribution in [2.45, 2.75) is 46.6 Å². The molecule has 0 aliphatic carbocycles. The molecule has 0 aliphatic heterocycles. The number of para-hydroxylation sites is 4. The van der Waals surface area contributed by atoms with Crippen molar-refractivity contribution in [2.75, 3.05) is 5.32 Å². The maximum atomic E-state index is 13.4. The van der Waals surface area contributed by atoms with Gasteiger partial charge in [0.2, 0.25) is 0 Å². The number of aromatic carboxylic acids is 2. The molecule has 20 nitrogen and oxygen atoms in total. The molecule has 12 aromatic carbocycles. The molecular formula is C102H76N11NaO9. The summed E-state index contributed by atoms with van der Waals surface area (Å²) >= 11 is 0. The fourth-order valence-corrected chi connectivity index (χ4v) is 13.2. The van der Waals surface area contributed by atoms with E-state index in [2.05, 4.69) is 47.2 Å². The Kier molecular flexibility index (Phi) is 28.5.